The number of benzene rings is 2. The number of hydrogen-bond acceptors (Lipinski definition) is 4. The third-order valence-electron chi connectivity index (χ3n) is 4.38. The quantitative estimate of drug-likeness (QED) is 0.752. The van der Waals surface area contributed by atoms with Gasteiger partial charge in [0.15, 0.2) is 5.78 Å². The van der Waals surface area contributed by atoms with Gasteiger partial charge in [0.2, 0.25) is 5.91 Å². The average Bonchev–Trinajstić information content (AvgIpc) is 2.70. The van der Waals surface area contributed by atoms with Crippen LogP contribution >= 0.6 is 0 Å². The van der Waals surface area contributed by atoms with Crippen LogP contribution in [0.1, 0.15) is 21.5 Å². The number of hydrogen-bond donors (Lipinski definition) is 1. The topological polar surface area (TPSA) is 52.7 Å². The Kier molecular flexibility index (Phi) is 6.34. The van der Waals surface area contributed by atoms with Gasteiger partial charge in [-0.1, -0.05) is 36.4 Å². The molecule has 1 heterocycles. The molecular weight excluding hydrogens is 357 g/mol. The molecule has 0 saturated carbocycles. The molecule has 2 aromatic carbocycles. The Morgan fingerprint density at radius 1 is 1.00 bits per heavy atom. The van der Waals surface area contributed by atoms with E-state index < -0.39 is 0 Å². The molecular formula is C22H22FN3O2. The van der Waals surface area contributed by atoms with Gasteiger partial charge in [0.05, 0.1) is 13.0 Å². The summed E-state index contributed by atoms with van der Waals surface area (Å²) in [4.78, 5) is 28.2. The van der Waals surface area contributed by atoms with Crippen molar-refractivity contribution < 1.29 is 14.0 Å². The standard InChI is InChI=1S/C22H22FN3O2/c1-25-9-11-26(12-10-25)22(28)14-17-5-4-7-18(13-17)21(27)16-24-15-19-6-2-3-8-20(19)23/h2-13,24H,14-16H2,1H3. The van der Waals surface area contributed by atoms with Crippen molar-refractivity contribution in [2.75, 3.05) is 13.6 Å². The van der Waals surface area contributed by atoms with Crippen LogP contribution in [-0.4, -0.2) is 35.1 Å². The van der Waals surface area contributed by atoms with Gasteiger partial charge in [-0.15, -0.1) is 0 Å². The molecule has 0 aromatic heterocycles. The highest BCUT2D eigenvalue weighted by Crippen LogP contribution is 2.11. The molecule has 1 N–H and O–H groups in total. The molecule has 28 heavy (non-hydrogen) atoms. The Labute approximate surface area is 163 Å². The highest BCUT2D eigenvalue weighted by molar-refractivity contribution is 5.98. The summed E-state index contributed by atoms with van der Waals surface area (Å²) >= 11 is 0. The summed E-state index contributed by atoms with van der Waals surface area (Å²) in [5.74, 6) is -0.483. The van der Waals surface area contributed by atoms with Crippen LogP contribution in [0.3, 0.4) is 0 Å². The number of carbonyl (C=O) groups is 2. The molecule has 1 aliphatic heterocycles. The molecule has 3 rings (SSSR count). The summed E-state index contributed by atoms with van der Waals surface area (Å²) in [6.07, 6.45) is 7.17. The molecule has 0 bridgehead atoms. The van der Waals surface area contributed by atoms with Crippen LogP contribution in [0.5, 0.6) is 0 Å². The Bertz CT molecular complexity index is 910. The van der Waals surface area contributed by atoms with E-state index >= 15 is 0 Å². The van der Waals surface area contributed by atoms with Crippen LogP contribution in [0.25, 0.3) is 0 Å². The number of ketones is 1. The van der Waals surface area contributed by atoms with E-state index in [1.165, 1.54) is 11.0 Å². The van der Waals surface area contributed by atoms with Crippen LogP contribution in [-0.2, 0) is 17.8 Å². The van der Waals surface area contributed by atoms with Crippen molar-refractivity contribution in [3.8, 4) is 0 Å². The lowest BCUT2D eigenvalue weighted by molar-refractivity contribution is -0.126. The number of nitrogens with zero attached hydrogens (tertiary/aromatic N) is 2. The summed E-state index contributed by atoms with van der Waals surface area (Å²) in [6, 6.07) is 13.5. The summed E-state index contributed by atoms with van der Waals surface area (Å²) in [7, 11) is 1.88. The van der Waals surface area contributed by atoms with Crippen molar-refractivity contribution in [3.63, 3.8) is 0 Å². The lowest BCUT2D eigenvalue weighted by Crippen LogP contribution is -2.26. The minimum absolute atomic E-state index is 0.0807. The Morgan fingerprint density at radius 2 is 1.75 bits per heavy atom. The highest BCUT2D eigenvalue weighted by Gasteiger charge is 2.13. The third-order valence-corrected chi connectivity index (χ3v) is 4.38. The van der Waals surface area contributed by atoms with Gasteiger partial charge in [-0.25, -0.2) is 4.39 Å². The zero-order chi connectivity index (χ0) is 19.9. The molecule has 0 saturated heterocycles. The first kappa shape index (κ1) is 19.5. The zero-order valence-electron chi connectivity index (χ0n) is 15.6. The second kappa shape index (κ2) is 9.10. The molecule has 0 unspecified atom stereocenters. The SMILES string of the molecule is CN1C=CN(C(=O)Cc2cccc(C(=O)CNCc3ccccc3F)c2)C=C1. The highest BCUT2D eigenvalue weighted by atomic mass is 19.1. The van der Waals surface area contributed by atoms with E-state index in [-0.39, 0.29) is 37.0 Å². The molecule has 6 heteroatoms. The summed E-state index contributed by atoms with van der Waals surface area (Å²) in [6.45, 7) is 0.369. The van der Waals surface area contributed by atoms with Crippen molar-refractivity contribution in [2.24, 2.45) is 0 Å². The first-order valence-electron chi connectivity index (χ1n) is 8.99. The molecule has 0 radical (unpaired) electrons. The van der Waals surface area contributed by atoms with Gasteiger partial charge in [0.25, 0.3) is 0 Å². The normalized spacial score (nSPS) is 13.1. The first-order valence-corrected chi connectivity index (χ1v) is 8.99. The molecule has 5 nitrogen and oxygen atoms in total. The predicted octanol–water partition coefficient (Wildman–Crippen LogP) is 3.06. The average molecular weight is 379 g/mol. The maximum Gasteiger partial charge on any atom is 0.235 e. The number of Topliss-reactive ketones (excluding diaryl/α,β-unsaturated/α-hetero) is 1. The van der Waals surface area contributed by atoms with E-state index in [1.54, 1.807) is 61.2 Å². The van der Waals surface area contributed by atoms with Gasteiger partial charge in [-0.3, -0.25) is 14.5 Å². The van der Waals surface area contributed by atoms with Gasteiger partial charge in [0, 0.05) is 49.5 Å². The van der Waals surface area contributed by atoms with E-state index in [0.717, 1.165) is 5.56 Å². The largest absolute Gasteiger partial charge is 0.354 e. The smallest absolute Gasteiger partial charge is 0.235 e. The predicted molar refractivity (Wildman–Crippen MR) is 105 cm³/mol. The molecule has 1 amide bonds. The van der Waals surface area contributed by atoms with Gasteiger partial charge in [-0.2, -0.15) is 0 Å². The van der Waals surface area contributed by atoms with Crippen molar-refractivity contribution in [2.45, 2.75) is 13.0 Å². The van der Waals surface area contributed by atoms with E-state index in [0.29, 0.717) is 11.1 Å². The first-order chi connectivity index (χ1) is 13.5. The number of nitrogens with one attached hydrogen (secondary N) is 1. The van der Waals surface area contributed by atoms with E-state index in [1.807, 2.05) is 18.0 Å². The van der Waals surface area contributed by atoms with Gasteiger partial charge >= 0.3 is 0 Å². The maximum atomic E-state index is 13.6. The Balaban J connectivity index is 1.55. The summed E-state index contributed by atoms with van der Waals surface area (Å²) in [5, 5.41) is 2.97. The molecule has 0 atom stereocenters. The minimum atomic E-state index is -0.296. The van der Waals surface area contributed by atoms with Crippen LogP contribution in [0.2, 0.25) is 0 Å². The fourth-order valence-electron chi connectivity index (χ4n) is 2.79. The molecule has 2 aromatic rings. The van der Waals surface area contributed by atoms with Crippen molar-refractivity contribution in [1.82, 2.24) is 15.1 Å². The van der Waals surface area contributed by atoms with Crippen molar-refractivity contribution >= 4 is 11.7 Å². The van der Waals surface area contributed by atoms with Crippen LogP contribution < -0.4 is 5.32 Å². The monoisotopic (exact) mass is 379 g/mol. The zero-order valence-corrected chi connectivity index (χ0v) is 15.6. The lowest BCUT2D eigenvalue weighted by atomic mass is 10.0. The van der Waals surface area contributed by atoms with E-state index in [2.05, 4.69) is 5.32 Å². The third kappa shape index (κ3) is 5.14. The molecule has 144 valence electrons. The Hall–Kier alpha value is -3.25. The van der Waals surface area contributed by atoms with Gasteiger partial charge < -0.3 is 10.2 Å². The second-order valence-corrected chi connectivity index (χ2v) is 6.56. The van der Waals surface area contributed by atoms with Gasteiger partial charge in [-0.05, 0) is 17.7 Å². The van der Waals surface area contributed by atoms with Gasteiger partial charge in [0.1, 0.15) is 5.82 Å². The molecule has 1 aliphatic rings. The molecule has 0 spiro atoms. The maximum absolute atomic E-state index is 13.6. The van der Waals surface area contributed by atoms with Crippen molar-refractivity contribution in [1.29, 1.82) is 0 Å². The fraction of sp³-hybridized carbons (Fsp3) is 0.182. The van der Waals surface area contributed by atoms with Crippen molar-refractivity contribution in [3.05, 3.63) is 95.8 Å². The number of carbonyl (C=O) groups excluding carboxylic acids is 2. The number of halogens is 1. The van der Waals surface area contributed by atoms with Crippen LogP contribution in [0.4, 0.5) is 4.39 Å². The summed E-state index contributed by atoms with van der Waals surface area (Å²) in [5.41, 5.74) is 1.81. The molecule has 0 fully saturated rings. The Morgan fingerprint density at radius 3 is 2.50 bits per heavy atom. The number of rotatable bonds is 7. The van der Waals surface area contributed by atoms with Crippen LogP contribution in [0, 0.1) is 5.82 Å². The lowest BCUT2D eigenvalue weighted by Gasteiger charge is -2.20. The van der Waals surface area contributed by atoms with E-state index in [4.69, 9.17) is 0 Å². The second-order valence-electron chi connectivity index (χ2n) is 6.56. The van der Waals surface area contributed by atoms with E-state index in [9.17, 15) is 14.0 Å². The number of amides is 1. The summed E-state index contributed by atoms with van der Waals surface area (Å²) < 4.78 is 13.6. The minimum Gasteiger partial charge on any atom is -0.354 e. The molecule has 0 aliphatic carbocycles. The van der Waals surface area contributed by atoms with Crippen LogP contribution in [0.15, 0.2) is 73.3 Å². The fourth-order valence-corrected chi connectivity index (χ4v) is 2.79.